The van der Waals surface area contributed by atoms with E-state index in [-0.39, 0.29) is 5.92 Å². The fraction of sp³-hybridized carbons (Fsp3) is 0.458. The summed E-state index contributed by atoms with van der Waals surface area (Å²) in [5.74, 6) is 1.67. The van der Waals surface area contributed by atoms with Crippen LogP contribution in [-0.4, -0.2) is 40.2 Å². The first-order valence-electron chi connectivity index (χ1n) is 10.5. The van der Waals surface area contributed by atoms with Crippen molar-refractivity contribution in [3.05, 3.63) is 59.0 Å². The first kappa shape index (κ1) is 18.6. The Morgan fingerprint density at radius 1 is 1.28 bits per heavy atom. The molecule has 1 aromatic carbocycles. The van der Waals surface area contributed by atoms with Gasteiger partial charge >= 0.3 is 0 Å². The summed E-state index contributed by atoms with van der Waals surface area (Å²) >= 11 is 0. The number of nitrogens with zero attached hydrogens (tertiary/aromatic N) is 2. The fourth-order valence-corrected chi connectivity index (χ4v) is 5.62. The van der Waals surface area contributed by atoms with E-state index in [0.29, 0.717) is 5.92 Å². The maximum absolute atomic E-state index is 11.6. The van der Waals surface area contributed by atoms with Crippen molar-refractivity contribution >= 4 is 10.9 Å². The molecule has 2 N–H and O–H groups in total. The van der Waals surface area contributed by atoms with Gasteiger partial charge in [-0.25, -0.2) is 0 Å². The molecule has 2 aromatic heterocycles. The second-order valence-corrected chi connectivity index (χ2v) is 8.83. The van der Waals surface area contributed by atoms with Crippen molar-refractivity contribution in [3.8, 4) is 5.75 Å². The molecular weight excluding hydrogens is 362 g/mol. The van der Waals surface area contributed by atoms with E-state index >= 15 is 0 Å². The van der Waals surface area contributed by atoms with Gasteiger partial charge in [-0.15, -0.1) is 0 Å². The number of methoxy groups -OCH3 is 1. The highest BCUT2D eigenvalue weighted by Gasteiger charge is 2.53. The first-order valence-corrected chi connectivity index (χ1v) is 10.5. The molecular formula is C24H29N3O2. The number of aryl methyl sites for hydroxylation is 2. The molecule has 0 spiro atoms. The van der Waals surface area contributed by atoms with Crippen molar-refractivity contribution in [2.45, 2.75) is 38.8 Å². The van der Waals surface area contributed by atoms with Crippen molar-refractivity contribution in [1.29, 1.82) is 0 Å². The van der Waals surface area contributed by atoms with E-state index in [1.54, 1.807) is 7.11 Å². The Labute approximate surface area is 171 Å². The summed E-state index contributed by atoms with van der Waals surface area (Å²) in [6.45, 7) is 7.07. The van der Waals surface area contributed by atoms with Crippen LogP contribution in [0.1, 0.15) is 35.4 Å². The summed E-state index contributed by atoms with van der Waals surface area (Å²) in [6.07, 6.45) is 3.69. The van der Waals surface area contributed by atoms with Crippen LogP contribution in [-0.2, 0) is 12.1 Å². The van der Waals surface area contributed by atoms with Crippen LogP contribution in [0.4, 0.5) is 0 Å². The van der Waals surface area contributed by atoms with E-state index in [2.05, 4.69) is 46.9 Å². The summed E-state index contributed by atoms with van der Waals surface area (Å²) in [5, 5.41) is 12.8. The zero-order valence-corrected chi connectivity index (χ0v) is 17.4. The Kier molecular flexibility index (Phi) is 4.41. The highest BCUT2D eigenvalue weighted by atomic mass is 16.5. The lowest BCUT2D eigenvalue weighted by Gasteiger charge is -2.31. The zero-order valence-electron chi connectivity index (χ0n) is 17.4. The molecule has 0 amide bonds. The molecule has 1 saturated carbocycles. The SMILES string of the molecule is COc1ccc2[nH]c(CN3C[C@@H]4CC[C@@](O)(c5ncccc5C)[C@@H]4C3)c(C)c2c1. The van der Waals surface area contributed by atoms with Crippen LogP contribution in [0.5, 0.6) is 5.75 Å². The van der Waals surface area contributed by atoms with Gasteiger partial charge < -0.3 is 14.8 Å². The van der Waals surface area contributed by atoms with Crippen LogP contribution in [0.25, 0.3) is 10.9 Å². The van der Waals surface area contributed by atoms with Crippen LogP contribution in [0, 0.1) is 25.7 Å². The summed E-state index contributed by atoms with van der Waals surface area (Å²) < 4.78 is 5.39. The summed E-state index contributed by atoms with van der Waals surface area (Å²) in [5.41, 5.74) is 4.86. The van der Waals surface area contributed by atoms with E-state index in [1.165, 1.54) is 16.6 Å². The maximum Gasteiger partial charge on any atom is 0.119 e. The summed E-state index contributed by atoms with van der Waals surface area (Å²) in [6, 6.07) is 10.2. The second-order valence-electron chi connectivity index (χ2n) is 8.83. The van der Waals surface area contributed by atoms with Gasteiger partial charge in [-0.1, -0.05) is 6.07 Å². The highest BCUT2D eigenvalue weighted by molar-refractivity contribution is 5.85. The Balaban J connectivity index is 1.38. The number of H-pyrrole nitrogens is 1. The van der Waals surface area contributed by atoms with Crippen LogP contribution < -0.4 is 4.74 Å². The number of likely N-dealkylation sites (tertiary alicyclic amines) is 1. The lowest BCUT2D eigenvalue weighted by atomic mass is 9.83. The van der Waals surface area contributed by atoms with Gasteiger partial charge in [-0.05, 0) is 68.0 Å². The number of rotatable bonds is 4. The lowest BCUT2D eigenvalue weighted by molar-refractivity contribution is -0.0114. The third-order valence-corrected chi connectivity index (χ3v) is 7.20. The zero-order chi connectivity index (χ0) is 20.2. The fourth-order valence-electron chi connectivity index (χ4n) is 5.62. The molecule has 0 unspecified atom stereocenters. The average Bonchev–Trinajstić information content (AvgIpc) is 3.37. The number of fused-ring (bicyclic) bond motifs is 2. The Hall–Kier alpha value is -2.37. The number of aromatic nitrogens is 2. The predicted octanol–water partition coefficient (Wildman–Crippen LogP) is 3.92. The molecule has 5 heteroatoms. The van der Waals surface area contributed by atoms with Gasteiger partial charge in [-0.2, -0.15) is 0 Å². The van der Waals surface area contributed by atoms with Crippen LogP contribution >= 0.6 is 0 Å². The van der Waals surface area contributed by atoms with Crippen molar-refractivity contribution in [2.75, 3.05) is 20.2 Å². The number of ether oxygens (including phenoxy) is 1. The summed E-state index contributed by atoms with van der Waals surface area (Å²) in [4.78, 5) is 10.7. The number of benzene rings is 1. The number of pyridine rings is 1. The van der Waals surface area contributed by atoms with E-state index in [1.807, 2.05) is 18.3 Å². The second kappa shape index (κ2) is 6.85. The van der Waals surface area contributed by atoms with Gasteiger partial charge in [0.15, 0.2) is 0 Å². The van der Waals surface area contributed by atoms with Crippen molar-refractivity contribution < 1.29 is 9.84 Å². The predicted molar refractivity (Wildman–Crippen MR) is 114 cm³/mol. The average molecular weight is 392 g/mol. The van der Waals surface area contributed by atoms with Gasteiger partial charge in [0, 0.05) is 48.3 Å². The molecule has 152 valence electrons. The van der Waals surface area contributed by atoms with Crippen molar-refractivity contribution in [3.63, 3.8) is 0 Å². The van der Waals surface area contributed by atoms with Crippen LogP contribution in [0.3, 0.4) is 0 Å². The quantitative estimate of drug-likeness (QED) is 0.708. The molecule has 1 aliphatic carbocycles. The van der Waals surface area contributed by atoms with E-state index in [9.17, 15) is 5.11 Å². The number of aromatic amines is 1. The van der Waals surface area contributed by atoms with Gasteiger partial charge in [0.2, 0.25) is 0 Å². The molecule has 3 atom stereocenters. The molecule has 29 heavy (non-hydrogen) atoms. The summed E-state index contributed by atoms with van der Waals surface area (Å²) in [7, 11) is 1.71. The smallest absolute Gasteiger partial charge is 0.119 e. The molecule has 5 nitrogen and oxygen atoms in total. The molecule has 1 aliphatic heterocycles. The molecule has 0 radical (unpaired) electrons. The third-order valence-electron chi connectivity index (χ3n) is 7.20. The molecule has 1 saturated heterocycles. The van der Waals surface area contributed by atoms with E-state index < -0.39 is 5.60 Å². The normalized spacial score (nSPS) is 26.9. The lowest BCUT2D eigenvalue weighted by Crippen LogP contribution is -2.36. The van der Waals surface area contributed by atoms with Crippen LogP contribution in [0.2, 0.25) is 0 Å². The van der Waals surface area contributed by atoms with E-state index in [4.69, 9.17) is 4.74 Å². The number of hydrogen-bond acceptors (Lipinski definition) is 4. The van der Waals surface area contributed by atoms with Crippen LogP contribution in [0.15, 0.2) is 36.5 Å². The maximum atomic E-state index is 11.6. The monoisotopic (exact) mass is 391 g/mol. The minimum absolute atomic E-state index is 0.251. The Morgan fingerprint density at radius 3 is 2.93 bits per heavy atom. The molecule has 2 fully saturated rings. The van der Waals surface area contributed by atoms with E-state index in [0.717, 1.165) is 55.0 Å². The van der Waals surface area contributed by atoms with Gasteiger partial charge in [0.25, 0.3) is 0 Å². The minimum atomic E-state index is -0.798. The van der Waals surface area contributed by atoms with Crippen molar-refractivity contribution in [1.82, 2.24) is 14.9 Å². The minimum Gasteiger partial charge on any atom is -0.497 e. The Bertz CT molecular complexity index is 1060. The molecule has 3 aromatic rings. The highest BCUT2D eigenvalue weighted by Crippen LogP contribution is 2.50. The van der Waals surface area contributed by atoms with Gasteiger partial charge in [0.05, 0.1) is 12.8 Å². The van der Waals surface area contributed by atoms with Gasteiger partial charge in [-0.3, -0.25) is 9.88 Å². The Morgan fingerprint density at radius 2 is 2.14 bits per heavy atom. The van der Waals surface area contributed by atoms with Crippen molar-refractivity contribution in [2.24, 2.45) is 11.8 Å². The topological polar surface area (TPSA) is 61.4 Å². The molecule has 0 bridgehead atoms. The molecule has 3 heterocycles. The van der Waals surface area contributed by atoms with Gasteiger partial charge in [0.1, 0.15) is 11.4 Å². The third kappa shape index (κ3) is 2.95. The first-order chi connectivity index (χ1) is 14.0. The molecule has 2 aliphatic rings. The standard InChI is InChI=1S/C24H29N3O2/c1-15-5-4-10-25-23(15)24(28)9-8-17-12-27(13-20(17)24)14-22-16(2)19-11-18(29-3)6-7-21(19)26-22/h4-7,10-11,17,20,26,28H,8-9,12-14H2,1-3H3/t17-,20+,24-/m0/s1. The number of aliphatic hydroxyl groups is 1. The number of nitrogens with one attached hydrogen (secondary N) is 1. The molecule has 5 rings (SSSR count). The largest absolute Gasteiger partial charge is 0.497 e. The number of hydrogen-bond donors (Lipinski definition) is 2.